The Kier molecular flexibility index (Phi) is 4.76. The van der Waals surface area contributed by atoms with Crippen LogP contribution in [0.25, 0.3) is 0 Å². The summed E-state index contributed by atoms with van der Waals surface area (Å²) in [5, 5.41) is 12.7. The molecular weight excluding hydrogens is 258 g/mol. The summed E-state index contributed by atoms with van der Waals surface area (Å²) in [4.78, 5) is 5.33. The minimum atomic E-state index is 0.432. The van der Waals surface area contributed by atoms with Crippen LogP contribution in [0.1, 0.15) is 17.4 Å². The molecule has 1 aromatic heterocycles. The zero-order chi connectivity index (χ0) is 13.5. The number of thiazole rings is 1. The fraction of sp³-hybridized carbons (Fsp3) is 0.286. The predicted molar refractivity (Wildman–Crippen MR) is 76.4 cm³/mol. The van der Waals surface area contributed by atoms with E-state index in [-0.39, 0.29) is 0 Å². The lowest BCUT2D eigenvalue weighted by Gasteiger charge is -2.04. The Hall–Kier alpha value is -2.06. The molecule has 2 rings (SSSR count). The third-order valence-electron chi connectivity index (χ3n) is 2.47. The average Bonchev–Trinajstić information content (AvgIpc) is 2.87. The molecule has 0 amide bonds. The van der Waals surface area contributed by atoms with Crippen LogP contribution in [0.3, 0.4) is 0 Å². The van der Waals surface area contributed by atoms with E-state index in [9.17, 15) is 0 Å². The first-order chi connectivity index (χ1) is 9.31. The summed E-state index contributed by atoms with van der Waals surface area (Å²) in [5.74, 6) is 0.806. The van der Waals surface area contributed by atoms with Gasteiger partial charge in [0.05, 0.1) is 17.4 Å². The van der Waals surface area contributed by atoms with Gasteiger partial charge in [-0.3, -0.25) is 0 Å². The molecule has 0 fully saturated rings. The molecule has 0 atom stereocenters. The molecule has 0 radical (unpaired) electrons. The third-order valence-corrected chi connectivity index (χ3v) is 3.40. The van der Waals surface area contributed by atoms with Crippen molar-refractivity contribution in [1.29, 1.82) is 5.26 Å². The summed E-state index contributed by atoms with van der Waals surface area (Å²) in [6.45, 7) is 3.43. The number of rotatable bonds is 6. The van der Waals surface area contributed by atoms with Crippen molar-refractivity contribution in [3.05, 3.63) is 40.9 Å². The smallest absolute Gasteiger partial charge is 0.182 e. The highest BCUT2D eigenvalue weighted by Crippen LogP contribution is 2.20. The average molecular weight is 273 g/mol. The second kappa shape index (κ2) is 6.76. The maximum absolute atomic E-state index is 8.59. The topological polar surface area (TPSA) is 57.9 Å². The number of benzene rings is 1. The van der Waals surface area contributed by atoms with Gasteiger partial charge in [0.1, 0.15) is 12.4 Å². The molecule has 1 N–H and O–H groups in total. The Morgan fingerprint density at radius 2 is 2.16 bits per heavy atom. The molecule has 98 valence electrons. The van der Waals surface area contributed by atoms with Crippen molar-refractivity contribution >= 4 is 16.5 Å². The van der Waals surface area contributed by atoms with Crippen LogP contribution in [0.15, 0.2) is 30.5 Å². The standard InChI is InChI=1S/C14H15N3OS/c1-2-16-14-17-9-13(19-14)10-18-12-5-3-11(4-6-12)7-8-15/h3-6,9H,2,7,10H2,1H3,(H,16,17). The number of aromatic nitrogens is 1. The van der Waals surface area contributed by atoms with Crippen LogP contribution >= 0.6 is 11.3 Å². The van der Waals surface area contributed by atoms with Crippen LogP contribution < -0.4 is 10.1 Å². The van der Waals surface area contributed by atoms with Gasteiger partial charge in [0, 0.05) is 12.7 Å². The van der Waals surface area contributed by atoms with Gasteiger partial charge in [-0.2, -0.15) is 5.26 Å². The summed E-state index contributed by atoms with van der Waals surface area (Å²) in [6.07, 6.45) is 2.26. The van der Waals surface area contributed by atoms with Crippen LogP contribution in [0.4, 0.5) is 5.13 Å². The molecule has 0 aliphatic heterocycles. The molecule has 0 saturated heterocycles. The molecule has 0 unspecified atom stereocenters. The first-order valence-corrected chi connectivity index (χ1v) is 6.90. The van der Waals surface area contributed by atoms with Crippen LogP contribution in [0, 0.1) is 11.3 Å². The van der Waals surface area contributed by atoms with E-state index in [1.807, 2.05) is 37.4 Å². The van der Waals surface area contributed by atoms with Crippen LogP contribution in [-0.2, 0) is 13.0 Å². The highest BCUT2D eigenvalue weighted by molar-refractivity contribution is 7.15. The van der Waals surface area contributed by atoms with Gasteiger partial charge in [-0.15, -0.1) is 0 Å². The molecule has 19 heavy (non-hydrogen) atoms. The lowest BCUT2D eigenvalue weighted by atomic mass is 10.2. The Morgan fingerprint density at radius 3 is 2.84 bits per heavy atom. The number of nitrogens with zero attached hydrogens (tertiary/aromatic N) is 2. The third kappa shape index (κ3) is 3.97. The van der Waals surface area contributed by atoms with Crippen molar-refractivity contribution in [3.8, 4) is 11.8 Å². The largest absolute Gasteiger partial charge is 0.488 e. The Morgan fingerprint density at radius 1 is 1.37 bits per heavy atom. The Balaban J connectivity index is 1.89. The maximum atomic E-state index is 8.59. The number of nitriles is 1. The van der Waals surface area contributed by atoms with E-state index in [1.165, 1.54) is 0 Å². The number of anilines is 1. The van der Waals surface area contributed by atoms with E-state index in [0.717, 1.165) is 27.9 Å². The monoisotopic (exact) mass is 273 g/mol. The minimum Gasteiger partial charge on any atom is -0.488 e. The first-order valence-electron chi connectivity index (χ1n) is 6.09. The van der Waals surface area contributed by atoms with Crippen LogP contribution in [-0.4, -0.2) is 11.5 Å². The van der Waals surface area contributed by atoms with E-state index >= 15 is 0 Å². The van der Waals surface area contributed by atoms with Crippen molar-refractivity contribution in [2.75, 3.05) is 11.9 Å². The van der Waals surface area contributed by atoms with Crippen molar-refractivity contribution in [3.63, 3.8) is 0 Å². The molecule has 0 aliphatic rings. The lowest BCUT2D eigenvalue weighted by Crippen LogP contribution is -1.94. The molecule has 0 saturated carbocycles. The summed E-state index contributed by atoms with van der Waals surface area (Å²) in [6, 6.07) is 9.72. The van der Waals surface area contributed by atoms with Gasteiger partial charge in [0.25, 0.3) is 0 Å². The summed E-state index contributed by atoms with van der Waals surface area (Å²) >= 11 is 1.60. The van der Waals surface area contributed by atoms with Gasteiger partial charge in [-0.05, 0) is 24.6 Å². The minimum absolute atomic E-state index is 0.432. The van der Waals surface area contributed by atoms with Crippen molar-refractivity contribution < 1.29 is 4.74 Å². The van der Waals surface area contributed by atoms with E-state index in [0.29, 0.717) is 13.0 Å². The van der Waals surface area contributed by atoms with E-state index in [2.05, 4.69) is 16.4 Å². The molecule has 1 heterocycles. The second-order valence-electron chi connectivity index (χ2n) is 3.93. The predicted octanol–water partition coefficient (Wildman–Crippen LogP) is 3.22. The second-order valence-corrected chi connectivity index (χ2v) is 5.04. The molecule has 5 heteroatoms. The van der Waals surface area contributed by atoms with Crippen LogP contribution in [0.5, 0.6) is 5.75 Å². The van der Waals surface area contributed by atoms with Crippen molar-refractivity contribution in [2.45, 2.75) is 20.0 Å². The van der Waals surface area contributed by atoms with Gasteiger partial charge in [-0.1, -0.05) is 23.5 Å². The first kappa shape index (κ1) is 13.4. The molecule has 2 aromatic rings. The summed E-state index contributed by atoms with van der Waals surface area (Å²) < 4.78 is 5.68. The fourth-order valence-electron chi connectivity index (χ4n) is 1.56. The lowest BCUT2D eigenvalue weighted by molar-refractivity contribution is 0.309. The molecule has 0 spiro atoms. The van der Waals surface area contributed by atoms with Gasteiger partial charge >= 0.3 is 0 Å². The number of hydrogen-bond donors (Lipinski definition) is 1. The van der Waals surface area contributed by atoms with Gasteiger partial charge in [0.2, 0.25) is 0 Å². The number of hydrogen-bond acceptors (Lipinski definition) is 5. The maximum Gasteiger partial charge on any atom is 0.182 e. The number of nitrogens with one attached hydrogen (secondary N) is 1. The Labute approximate surface area is 116 Å². The highest BCUT2D eigenvalue weighted by Gasteiger charge is 2.02. The zero-order valence-electron chi connectivity index (χ0n) is 10.7. The van der Waals surface area contributed by atoms with E-state index < -0.39 is 0 Å². The number of ether oxygens (including phenoxy) is 1. The Bertz CT molecular complexity index is 557. The highest BCUT2D eigenvalue weighted by atomic mass is 32.1. The molecular formula is C14H15N3OS. The zero-order valence-corrected chi connectivity index (χ0v) is 11.5. The van der Waals surface area contributed by atoms with Crippen molar-refractivity contribution in [1.82, 2.24) is 4.98 Å². The molecule has 1 aromatic carbocycles. The van der Waals surface area contributed by atoms with Gasteiger partial charge in [-0.25, -0.2) is 4.98 Å². The summed E-state index contributed by atoms with van der Waals surface area (Å²) in [7, 11) is 0. The molecule has 0 bridgehead atoms. The van der Waals surface area contributed by atoms with E-state index in [1.54, 1.807) is 11.3 Å². The van der Waals surface area contributed by atoms with E-state index in [4.69, 9.17) is 10.00 Å². The van der Waals surface area contributed by atoms with Gasteiger partial charge in [0.15, 0.2) is 5.13 Å². The van der Waals surface area contributed by atoms with Gasteiger partial charge < -0.3 is 10.1 Å². The summed E-state index contributed by atoms with van der Waals surface area (Å²) in [5.41, 5.74) is 1.00. The molecule has 4 nitrogen and oxygen atoms in total. The van der Waals surface area contributed by atoms with Crippen LogP contribution in [0.2, 0.25) is 0 Å². The van der Waals surface area contributed by atoms with Crippen molar-refractivity contribution in [2.24, 2.45) is 0 Å². The fourth-order valence-corrected chi connectivity index (χ4v) is 2.35. The quantitative estimate of drug-likeness (QED) is 0.878. The molecule has 0 aliphatic carbocycles. The normalized spacial score (nSPS) is 9.89. The SMILES string of the molecule is CCNc1ncc(COc2ccc(CC#N)cc2)s1.